The van der Waals surface area contributed by atoms with Crippen molar-refractivity contribution in [3.8, 4) is 0 Å². The van der Waals surface area contributed by atoms with E-state index in [2.05, 4.69) is 32.2 Å². The third kappa shape index (κ3) is 5.38. The summed E-state index contributed by atoms with van der Waals surface area (Å²) < 4.78 is 0. The zero-order chi connectivity index (χ0) is 16.2. The molecule has 1 amide bonds. The summed E-state index contributed by atoms with van der Waals surface area (Å²) in [5.41, 5.74) is 8.89. The number of nitrogens with two attached hydrogens (primary N) is 1. The number of hydrogen-bond donors (Lipinski definition) is 2. The Morgan fingerprint density at radius 3 is 2.38 bits per heavy atom. The number of hydrogen-bond acceptors (Lipinski definition) is 3. The van der Waals surface area contributed by atoms with Gasteiger partial charge in [0.05, 0.1) is 5.92 Å². The molecule has 1 unspecified atom stereocenters. The van der Waals surface area contributed by atoms with Crippen molar-refractivity contribution in [2.45, 2.75) is 34.1 Å². The summed E-state index contributed by atoms with van der Waals surface area (Å²) in [4.78, 5) is 14.4. The van der Waals surface area contributed by atoms with Gasteiger partial charge in [0.25, 0.3) is 0 Å². The van der Waals surface area contributed by atoms with E-state index in [1.165, 1.54) is 0 Å². The van der Waals surface area contributed by atoms with E-state index in [0.29, 0.717) is 6.54 Å². The molecule has 0 aliphatic heterocycles. The summed E-state index contributed by atoms with van der Waals surface area (Å²) in [6, 6.07) is 6.02. The van der Waals surface area contributed by atoms with E-state index < -0.39 is 0 Å². The largest absolute Gasteiger partial charge is 0.378 e. The fourth-order valence-electron chi connectivity index (χ4n) is 2.32. The van der Waals surface area contributed by atoms with E-state index >= 15 is 0 Å². The minimum atomic E-state index is -0.155. The molecule has 0 saturated heterocycles. The number of benzene rings is 1. The standard InChI is InChI=1S/C17H29N3O/c1-12-9-14(20(5)6)7-8-15(12)19-16(21)13(11-18)10-17(2,3)4/h7-9,13H,10-11,18H2,1-6H3,(H,19,21). The fourth-order valence-corrected chi connectivity index (χ4v) is 2.32. The molecule has 21 heavy (non-hydrogen) atoms. The van der Waals surface area contributed by atoms with E-state index in [1.54, 1.807) is 0 Å². The number of aryl methyl sites for hydroxylation is 1. The van der Waals surface area contributed by atoms with Gasteiger partial charge in [-0.25, -0.2) is 0 Å². The molecule has 1 aromatic rings. The summed E-state index contributed by atoms with van der Waals surface area (Å²) in [5.74, 6) is -0.147. The van der Waals surface area contributed by atoms with Crippen LogP contribution in [0, 0.1) is 18.3 Å². The minimum absolute atomic E-state index is 0.00753. The Hall–Kier alpha value is -1.55. The molecule has 0 spiro atoms. The molecule has 0 saturated carbocycles. The highest BCUT2D eigenvalue weighted by Gasteiger charge is 2.24. The van der Waals surface area contributed by atoms with Gasteiger partial charge in [-0.2, -0.15) is 0 Å². The zero-order valence-electron chi connectivity index (χ0n) is 14.2. The number of anilines is 2. The summed E-state index contributed by atoms with van der Waals surface area (Å²) >= 11 is 0. The van der Waals surface area contributed by atoms with Gasteiger partial charge < -0.3 is 16.0 Å². The van der Waals surface area contributed by atoms with E-state index in [-0.39, 0.29) is 17.2 Å². The molecule has 1 atom stereocenters. The third-order valence-electron chi connectivity index (χ3n) is 3.50. The molecule has 0 heterocycles. The van der Waals surface area contributed by atoms with Gasteiger partial charge in [0.15, 0.2) is 0 Å². The monoisotopic (exact) mass is 291 g/mol. The van der Waals surface area contributed by atoms with Gasteiger partial charge >= 0.3 is 0 Å². The van der Waals surface area contributed by atoms with Crippen molar-refractivity contribution in [2.75, 3.05) is 30.9 Å². The third-order valence-corrected chi connectivity index (χ3v) is 3.50. The van der Waals surface area contributed by atoms with Crippen molar-refractivity contribution in [1.82, 2.24) is 0 Å². The van der Waals surface area contributed by atoms with Crippen LogP contribution in [-0.4, -0.2) is 26.5 Å². The molecule has 3 N–H and O–H groups in total. The lowest BCUT2D eigenvalue weighted by Gasteiger charge is -2.24. The molecule has 0 aliphatic carbocycles. The number of carbonyl (C=O) groups is 1. The predicted molar refractivity (Wildman–Crippen MR) is 90.8 cm³/mol. The molecular weight excluding hydrogens is 262 g/mol. The Morgan fingerprint density at radius 2 is 1.95 bits per heavy atom. The smallest absolute Gasteiger partial charge is 0.228 e. The van der Waals surface area contributed by atoms with Crippen LogP contribution in [-0.2, 0) is 4.79 Å². The summed E-state index contributed by atoms with van der Waals surface area (Å²) in [7, 11) is 4.00. The maximum atomic E-state index is 12.4. The highest BCUT2D eigenvalue weighted by Crippen LogP contribution is 2.26. The van der Waals surface area contributed by atoms with Gasteiger partial charge in [-0.1, -0.05) is 20.8 Å². The quantitative estimate of drug-likeness (QED) is 0.876. The summed E-state index contributed by atoms with van der Waals surface area (Å²) in [6.45, 7) is 8.75. The van der Waals surface area contributed by atoms with Gasteiger partial charge in [-0.15, -0.1) is 0 Å². The average molecular weight is 291 g/mol. The van der Waals surface area contributed by atoms with Crippen LogP contribution in [0.1, 0.15) is 32.8 Å². The Kier molecular flexibility index (Phi) is 5.78. The van der Waals surface area contributed by atoms with E-state index in [1.807, 2.05) is 38.1 Å². The zero-order valence-corrected chi connectivity index (χ0v) is 14.2. The Bertz CT molecular complexity index is 489. The predicted octanol–water partition coefficient (Wildman–Crippen LogP) is 3.01. The van der Waals surface area contributed by atoms with Crippen LogP contribution >= 0.6 is 0 Å². The normalized spacial score (nSPS) is 12.9. The van der Waals surface area contributed by atoms with Gasteiger partial charge in [0, 0.05) is 32.0 Å². The van der Waals surface area contributed by atoms with Crippen molar-refractivity contribution >= 4 is 17.3 Å². The van der Waals surface area contributed by atoms with Crippen molar-refractivity contribution in [3.63, 3.8) is 0 Å². The number of amides is 1. The second-order valence-corrected chi connectivity index (χ2v) is 7.08. The van der Waals surface area contributed by atoms with Gasteiger partial charge in [0.2, 0.25) is 5.91 Å². The number of carbonyl (C=O) groups excluding carboxylic acids is 1. The van der Waals surface area contributed by atoms with Crippen molar-refractivity contribution in [3.05, 3.63) is 23.8 Å². The van der Waals surface area contributed by atoms with Crippen LogP contribution in [0.2, 0.25) is 0 Å². The molecule has 0 aromatic heterocycles. The van der Waals surface area contributed by atoms with Crippen molar-refractivity contribution in [1.29, 1.82) is 0 Å². The van der Waals surface area contributed by atoms with Crippen LogP contribution in [0.25, 0.3) is 0 Å². The lowest BCUT2D eigenvalue weighted by molar-refractivity contribution is -0.120. The number of nitrogens with one attached hydrogen (secondary N) is 1. The summed E-state index contributed by atoms with van der Waals surface area (Å²) in [5, 5.41) is 3.01. The second-order valence-electron chi connectivity index (χ2n) is 7.08. The second kappa shape index (κ2) is 6.94. The van der Waals surface area contributed by atoms with Gasteiger partial charge in [-0.3, -0.25) is 4.79 Å². The molecule has 0 radical (unpaired) electrons. The first-order chi connectivity index (χ1) is 9.64. The van der Waals surface area contributed by atoms with Crippen LogP contribution in [0.5, 0.6) is 0 Å². The molecule has 4 heteroatoms. The Balaban J connectivity index is 2.82. The van der Waals surface area contributed by atoms with Crippen molar-refractivity contribution in [2.24, 2.45) is 17.1 Å². The van der Waals surface area contributed by atoms with Crippen LogP contribution in [0.15, 0.2) is 18.2 Å². The van der Waals surface area contributed by atoms with Crippen LogP contribution in [0.4, 0.5) is 11.4 Å². The lowest BCUT2D eigenvalue weighted by atomic mass is 9.84. The fraction of sp³-hybridized carbons (Fsp3) is 0.588. The first-order valence-electron chi connectivity index (χ1n) is 7.43. The maximum absolute atomic E-state index is 12.4. The average Bonchev–Trinajstić information content (AvgIpc) is 2.36. The van der Waals surface area contributed by atoms with E-state index in [0.717, 1.165) is 23.4 Å². The Labute approximate surface area is 128 Å². The molecule has 4 nitrogen and oxygen atoms in total. The molecule has 118 valence electrons. The summed E-state index contributed by atoms with van der Waals surface area (Å²) in [6.07, 6.45) is 0.782. The van der Waals surface area contributed by atoms with E-state index in [9.17, 15) is 4.79 Å². The van der Waals surface area contributed by atoms with Crippen LogP contribution < -0.4 is 16.0 Å². The Morgan fingerprint density at radius 1 is 1.33 bits per heavy atom. The molecule has 0 aliphatic rings. The maximum Gasteiger partial charge on any atom is 0.228 e. The SMILES string of the molecule is Cc1cc(N(C)C)ccc1NC(=O)C(CN)CC(C)(C)C. The first kappa shape index (κ1) is 17.5. The van der Waals surface area contributed by atoms with Crippen molar-refractivity contribution < 1.29 is 4.79 Å². The molecular formula is C17H29N3O. The highest BCUT2D eigenvalue weighted by molar-refractivity contribution is 5.93. The minimum Gasteiger partial charge on any atom is -0.378 e. The van der Waals surface area contributed by atoms with Crippen LogP contribution in [0.3, 0.4) is 0 Å². The van der Waals surface area contributed by atoms with Gasteiger partial charge in [0.1, 0.15) is 0 Å². The topological polar surface area (TPSA) is 58.4 Å². The van der Waals surface area contributed by atoms with E-state index in [4.69, 9.17) is 5.73 Å². The highest BCUT2D eigenvalue weighted by atomic mass is 16.1. The molecule has 1 aromatic carbocycles. The lowest BCUT2D eigenvalue weighted by Crippen LogP contribution is -2.32. The van der Waals surface area contributed by atoms with Gasteiger partial charge in [-0.05, 0) is 42.5 Å². The molecule has 0 fully saturated rings. The molecule has 1 rings (SSSR count). The molecule has 0 bridgehead atoms. The first-order valence-corrected chi connectivity index (χ1v) is 7.43. The number of rotatable bonds is 5. The number of nitrogens with zero attached hydrogens (tertiary/aromatic N) is 1.